The zero-order valence-electron chi connectivity index (χ0n) is 15.8. The molecule has 1 heterocycles. The quantitative estimate of drug-likeness (QED) is 0.874. The Kier molecular flexibility index (Phi) is 6.62. The molecule has 0 aliphatic carbocycles. The van der Waals surface area contributed by atoms with Gasteiger partial charge in [0.05, 0.1) is 5.69 Å². The molecule has 0 saturated carbocycles. The molecule has 2 unspecified atom stereocenters. The number of amides is 1. The van der Waals surface area contributed by atoms with E-state index in [1.807, 2.05) is 45.6 Å². The molecule has 1 aromatic heterocycles. The fourth-order valence-electron chi connectivity index (χ4n) is 2.48. The molecule has 0 fully saturated rings. The van der Waals surface area contributed by atoms with Crippen LogP contribution in [-0.4, -0.2) is 46.5 Å². The Labute approximate surface area is 140 Å². The summed E-state index contributed by atoms with van der Waals surface area (Å²) in [6.45, 7) is 13.4. The molecule has 0 radical (unpaired) electrons. The number of carbonyl (C=O) groups excluding carboxylic acids is 1. The average molecular weight is 324 g/mol. The minimum Gasteiger partial charge on any atom is -0.444 e. The maximum atomic E-state index is 12.0. The van der Waals surface area contributed by atoms with Crippen molar-refractivity contribution in [2.24, 2.45) is 13.0 Å². The van der Waals surface area contributed by atoms with Gasteiger partial charge in [0, 0.05) is 38.4 Å². The van der Waals surface area contributed by atoms with Crippen LogP contribution in [0, 0.1) is 12.8 Å². The Morgan fingerprint density at radius 2 is 2.04 bits per heavy atom. The van der Waals surface area contributed by atoms with Crippen LogP contribution in [0.2, 0.25) is 0 Å². The van der Waals surface area contributed by atoms with Crippen molar-refractivity contribution >= 4 is 6.09 Å². The van der Waals surface area contributed by atoms with Crippen molar-refractivity contribution in [3.63, 3.8) is 0 Å². The normalized spacial score (nSPS) is 14.4. The molecule has 6 nitrogen and oxygen atoms in total. The predicted molar refractivity (Wildman–Crippen MR) is 92.4 cm³/mol. The van der Waals surface area contributed by atoms with E-state index >= 15 is 0 Å². The second kappa shape index (κ2) is 7.81. The molecule has 0 saturated heterocycles. The standard InChI is InChI=1S/C17H32N4O2/c1-12(10-20(7)16(22)23-17(4,5)6)9-18-13(2)15-11-21(8)19-14(15)3/h11-13,18H,9-10H2,1-8H3. The Morgan fingerprint density at radius 1 is 1.43 bits per heavy atom. The summed E-state index contributed by atoms with van der Waals surface area (Å²) in [6, 6.07) is 0.234. The van der Waals surface area contributed by atoms with Crippen molar-refractivity contribution in [1.82, 2.24) is 20.0 Å². The minimum absolute atomic E-state index is 0.234. The van der Waals surface area contributed by atoms with E-state index in [2.05, 4.69) is 24.3 Å². The number of nitrogens with zero attached hydrogens (tertiary/aromatic N) is 3. The first kappa shape index (κ1) is 19.5. The van der Waals surface area contributed by atoms with Crippen LogP contribution in [-0.2, 0) is 11.8 Å². The zero-order valence-corrected chi connectivity index (χ0v) is 15.8. The second-order valence-corrected chi connectivity index (χ2v) is 7.44. The lowest BCUT2D eigenvalue weighted by atomic mass is 10.1. The van der Waals surface area contributed by atoms with Gasteiger partial charge in [-0.2, -0.15) is 5.10 Å². The van der Waals surface area contributed by atoms with Gasteiger partial charge in [0.2, 0.25) is 0 Å². The molecule has 6 heteroatoms. The zero-order chi connectivity index (χ0) is 17.8. The van der Waals surface area contributed by atoms with Gasteiger partial charge in [-0.1, -0.05) is 6.92 Å². The Hall–Kier alpha value is -1.56. The Morgan fingerprint density at radius 3 is 2.52 bits per heavy atom. The molecule has 23 heavy (non-hydrogen) atoms. The van der Waals surface area contributed by atoms with Gasteiger partial charge in [-0.05, 0) is 47.1 Å². The Bertz CT molecular complexity index is 519. The third kappa shape index (κ3) is 6.60. The summed E-state index contributed by atoms with van der Waals surface area (Å²) < 4.78 is 7.21. The number of aromatic nitrogens is 2. The van der Waals surface area contributed by atoms with Crippen LogP contribution in [0.3, 0.4) is 0 Å². The maximum absolute atomic E-state index is 12.0. The van der Waals surface area contributed by atoms with E-state index in [-0.39, 0.29) is 12.1 Å². The summed E-state index contributed by atoms with van der Waals surface area (Å²) >= 11 is 0. The Balaban J connectivity index is 2.43. The number of nitrogens with one attached hydrogen (secondary N) is 1. The molecule has 132 valence electrons. The highest BCUT2D eigenvalue weighted by atomic mass is 16.6. The summed E-state index contributed by atoms with van der Waals surface area (Å²) in [6.07, 6.45) is 1.77. The fourth-order valence-corrected chi connectivity index (χ4v) is 2.48. The number of hydrogen-bond donors (Lipinski definition) is 1. The van der Waals surface area contributed by atoms with Crippen LogP contribution in [0.5, 0.6) is 0 Å². The molecule has 0 bridgehead atoms. The lowest BCUT2D eigenvalue weighted by molar-refractivity contribution is 0.0276. The smallest absolute Gasteiger partial charge is 0.410 e. The molecule has 1 rings (SSSR count). The van der Waals surface area contributed by atoms with Gasteiger partial charge in [-0.15, -0.1) is 0 Å². The van der Waals surface area contributed by atoms with Gasteiger partial charge < -0.3 is 15.0 Å². The third-order valence-corrected chi connectivity index (χ3v) is 3.58. The van der Waals surface area contributed by atoms with Gasteiger partial charge in [-0.3, -0.25) is 4.68 Å². The molecule has 0 spiro atoms. The van der Waals surface area contributed by atoms with Gasteiger partial charge in [0.1, 0.15) is 5.60 Å². The number of ether oxygens (including phenoxy) is 1. The summed E-state index contributed by atoms with van der Waals surface area (Å²) in [7, 11) is 3.71. The number of hydrogen-bond acceptors (Lipinski definition) is 4. The summed E-state index contributed by atoms with van der Waals surface area (Å²) in [5.74, 6) is 0.326. The highest BCUT2D eigenvalue weighted by molar-refractivity contribution is 5.67. The van der Waals surface area contributed by atoms with Crippen LogP contribution < -0.4 is 5.32 Å². The van der Waals surface area contributed by atoms with E-state index in [0.29, 0.717) is 12.5 Å². The molecule has 1 aromatic rings. The van der Waals surface area contributed by atoms with Gasteiger partial charge in [0.25, 0.3) is 0 Å². The van der Waals surface area contributed by atoms with Gasteiger partial charge >= 0.3 is 6.09 Å². The monoisotopic (exact) mass is 324 g/mol. The first-order valence-corrected chi connectivity index (χ1v) is 8.17. The van der Waals surface area contributed by atoms with Gasteiger partial charge in [-0.25, -0.2) is 4.79 Å². The highest BCUT2D eigenvalue weighted by Gasteiger charge is 2.21. The molecule has 1 N–H and O–H groups in total. The fraction of sp³-hybridized carbons (Fsp3) is 0.765. The number of carbonyl (C=O) groups is 1. The van der Waals surface area contributed by atoms with Crippen molar-refractivity contribution in [3.8, 4) is 0 Å². The predicted octanol–water partition coefficient (Wildman–Crippen LogP) is 2.88. The van der Waals surface area contributed by atoms with Crippen molar-refractivity contribution in [1.29, 1.82) is 0 Å². The molecule has 2 atom stereocenters. The first-order chi connectivity index (χ1) is 10.5. The molecule has 0 aliphatic rings. The molecule has 1 amide bonds. The number of aryl methyl sites for hydroxylation is 2. The molecular formula is C17H32N4O2. The SMILES string of the molecule is Cc1nn(C)cc1C(C)NCC(C)CN(C)C(=O)OC(C)(C)C. The van der Waals surface area contributed by atoms with Crippen LogP contribution in [0.15, 0.2) is 6.20 Å². The molecule has 0 aliphatic heterocycles. The maximum Gasteiger partial charge on any atom is 0.410 e. The van der Waals surface area contributed by atoms with E-state index in [9.17, 15) is 4.79 Å². The third-order valence-electron chi connectivity index (χ3n) is 3.58. The first-order valence-electron chi connectivity index (χ1n) is 8.17. The van der Waals surface area contributed by atoms with E-state index < -0.39 is 5.60 Å². The van der Waals surface area contributed by atoms with Crippen molar-refractivity contribution < 1.29 is 9.53 Å². The van der Waals surface area contributed by atoms with E-state index in [1.54, 1.807) is 11.9 Å². The summed E-state index contributed by atoms with van der Waals surface area (Å²) in [5, 5.41) is 7.89. The van der Waals surface area contributed by atoms with Gasteiger partial charge in [0.15, 0.2) is 0 Å². The summed E-state index contributed by atoms with van der Waals surface area (Å²) in [4.78, 5) is 13.6. The summed E-state index contributed by atoms with van der Waals surface area (Å²) in [5.41, 5.74) is 1.80. The van der Waals surface area contributed by atoms with Crippen molar-refractivity contribution in [2.45, 2.75) is 53.2 Å². The van der Waals surface area contributed by atoms with Crippen LogP contribution in [0.1, 0.15) is 51.9 Å². The van der Waals surface area contributed by atoms with Crippen molar-refractivity contribution in [2.75, 3.05) is 20.1 Å². The second-order valence-electron chi connectivity index (χ2n) is 7.44. The highest BCUT2D eigenvalue weighted by Crippen LogP contribution is 2.16. The lowest BCUT2D eigenvalue weighted by Crippen LogP contribution is -2.38. The van der Waals surface area contributed by atoms with E-state index in [1.165, 1.54) is 5.56 Å². The van der Waals surface area contributed by atoms with E-state index in [0.717, 1.165) is 12.2 Å². The molecule has 0 aromatic carbocycles. The minimum atomic E-state index is -0.459. The van der Waals surface area contributed by atoms with Crippen molar-refractivity contribution in [3.05, 3.63) is 17.5 Å². The van der Waals surface area contributed by atoms with E-state index in [4.69, 9.17) is 4.74 Å². The van der Waals surface area contributed by atoms with Crippen LogP contribution in [0.25, 0.3) is 0 Å². The van der Waals surface area contributed by atoms with Crippen LogP contribution >= 0.6 is 0 Å². The number of rotatable bonds is 6. The molecular weight excluding hydrogens is 292 g/mol. The topological polar surface area (TPSA) is 59.4 Å². The average Bonchev–Trinajstić information content (AvgIpc) is 2.73. The largest absolute Gasteiger partial charge is 0.444 e. The lowest BCUT2D eigenvalue weighted by Gasteiger charge is -2.27. The van der Waals surface area contributed by atoms with Crippen LogP contribution in [0.4, 0.5) is 4.79 Å².